The van der Waals surface area contributed by atoms with E-state index in [2.05, 4.69) is 42.5 Å². The summed E-state index contributed by atoms with van der Waals surface area (Å²) in [5.41, 5.74) is 6.77. The zero-order valence-electron chi connectivity index (χ0n) is 11.7. The second kappa shape index (κ2) is 5.99. The maximum absolute atomic E-state index is 5.62. The van der Waals surface area contributed by atoms with Crippen molar-refractivity contribution in [3.63, 3.8) is 0 Å². The highest BCUT2D eigenvalue weighted by Crippen LogP contribution is 2.28. The van der Waals surface area contributed by atoms with Gasteiger partial charge in [0.25, 0.3) is 0 Å². The van der Waals surface area contributed by atoms with Crippen LogP contribution in [0.15, 0.2) is 24.3 Å². The van der Waals surface area contributed by atoms with Gasteiger partial charge in [0.2, 0.25) is 0 Å². The smallest absolute Gasteiger partial charge is 0.0885 e. The van der Waals surface area contributed by atoms with Crippen molar-refractivity contribution in [2.75, 3.05) is 12.5 Å². The highest BCUT2D eigenvalue weighted by molar-refractivity contribution is 5.91. The number of fused-ring (bicyclic) bond motifs is 1. The molecule has 1 aromatic carbocycles. The van der Waals surface area contributed by atoms with Crippen LogP contribution in [0.2, 0.25) is 0 Å². The Morgan fingerprint density at radius 2 is 2.16 bits per heavy atom. The number of pyridine rings is 1. The van der Waals surface area contributed by atoms with Crippen LogP contribution in [0.4, 0.5) is 5.69 Å². The Morgan fingerprint density at radius 3 is 2.79 bits per heavy atom. The highest BCUT2D eigenvalue weighted by Gasteiger charge is 2.09. The van der Waals surface area contributed by atoms with E-state index >= 15 is 0 Å². The van der Waals surface area contributed by atoms with Crippen LogP contribution in [0.1, 0.15) is 37.4 Å². The van der Waals surface area contributed by atoms with Crippen LogP contribution in [-0.2, 0) is 11.3 Å². The number of hydrogen-bond acceptors (Lipinski definition) is 4. The molecule has 0 bridgehead atoms. The second-order valence-electron chi connectivity index (χ2n) is 4.82. The van der Waals surface area contributed by atoms with Gasteiger partial charge in [-0.1, -0.05) is 19.9 Å². The van der Waals surface area contributed by atoms with E-state index in [9.17, 15) is 0 Å². The summed E-state index contributed by atoms with van der Waals surface area (Å²) in [6.07, 6.45) is 1.12. The number of nitrogen functional groups attached to an aromatic ring is 1. The Kier molecular flexibility index (Phi) is 4.35. The zero-order chi connectivity index (χ0) is 13.8. The van der Waals surface area contributed by atoms with Crippen LogP contribution in [0.25, 0.3) is 10.9 Å². The minimum atomic E-state index is 0.484. The summed E-state index contributed by atoms with van der Waals surface area (Å²) in [6, 6.07) is 8.30. The number of nitrogens with two attached hydrogens (primary N) is 1. The molecule has 1 unspecified atom stereocenters. The maximum atomic E-state index is 5.62. The summed E-state index contributed by atoms with van der Waals surface area (Å²) in [6.45, 7) is 4.90. The number of anilines is 1. The fourth-order valence-electron chi connectivity index (χ4n) is 2.18. The third-order valence-electron chi connectivity index (χ3n) is 3.51. The zero-order valence-corrected chi connectivity index (χ0v) is 11.7. The van der Waals surface area contributed by atoms with Gasteiger partial charge < -0.3 is 10.2 Å². The number of aromatic nitrogens is 1. The fraction of sp³-hybridized carbons (Fsp3) is 0.400. The molecular weight excluding hydrogens is 238 g/mol. The molecule has 2 rings (SSSR count). The molecule has 1 heterocycles. The summed E-state index contributed by atoms with van der Waals surface area (Å²) in [5.74, 6) is 6.16. The second-order valence-corrected chi connectivity index (χ2v) is 4.82. The third-order valence-corrected chi connectivity index (χ3v) is 3.51. The monoisotopic (exact) mass is 259 g/mol. The van der Waals surface area contributed by atoms with E-state index in [1.165, 1.54) is 5.56 Å². The van der Waals surface area contributed by atoms with E-state index in [0.29, 0.717) is 12.5 Å². The van der Waals surface area contributed by atoms with Crippen LogP contribution in [0.5, 0.6) is 0 Å². The van der Waals surface area contributed by atoms with Crippen molar-refractivity contribution in [1.29, 1.82) is 0 Å². The third kappa shape index (κ3) is 2.85. The van der Waals surface area contributed by atoms with Gasteiger partial charge in [-0.2, -0.15) is 0 Å². The van der Waals surface area contributed by atoms with Gasteiger partial charge in [-0.3, -0.25) is 10.8 Å². The molecular formula is C15H21N3O. The number of methoxy groups -OCH3 is 1. The Bertz CT molecular complexity index is 569. The number of rotatable bonds is 5. The molecule has 4 nitrogen and oxygen atoms in total. The number of nitrogens with zero attached hydrogens (tertiary/aromatic N) is 1. The molecule has 0 radical (unpaired) electrons. The lowest BCUT2D eigenvalue weighted by molar-refractivity contribution is 0.182. The van der Waals surface area contributed by atoms with Crippen LogP contribution >= 0.6 is 0 Å². The molecule has 1 aromatic heterocycles. The number of hydrazine groups is 1. The first kappa shape index (κ1) is 13.8. The normalized spacial score (nSPS) is 12.6. The van der Waals surface area contributed by atoms with E-state index < -0.39 is 0 Å². The van der Waals surface area contributed by atoms with E-state index in [4.69, 9.17) is 10.6 Å². The predicted octanol–water partition coefficient (Wildman–Crippen LogP) is 3.18. The standard InChI is InChI=1S/C15H21N3O/c1-4-10(2)11-5-6-14-13(7-11)15(18-16)8-12(17-14)9-19-3/h5-8,10H,4,9,16H2,1-3H3,(H,17,18). The quantitative estimate of drug-likeness (QED) is 0.639. The summed E-state index contributed by atoms with van der Waals surface area (Å²) < 4.78 is 5.12. The van der Waals surface area contributed by atoms with Crippen molar-refractivity contribution in [2.24, 2.45) is 5.84 Å². The molecule has 0 aliphatic carbocycles. The first-order valence-corrected chi connectivity index (χ1v) is 6.58. The van der Waals surface area contributed by atoms with Gasteiger partial charge in [0.15, 0.2) is 0 Å². The Morgan fingerprint density at radius 1 is 1.37 bits per heavy atom. The molecule has 0 aliphatic heterocycles. The van der Waals surface area contributed by atoms with Gasteiger partial charge in [-0.05, 0) is 36.1 Å². The van der Waals surface area contributed by atoms with E-state index in [1.807, 2.05) is 6.07 Å². The van der Waals surface area contributed by atoms with Crippen molar-refractivity contribution < 1.29 is 4.74 Å². The Hall–Kier alpha value is -1.65. The molecule has 3 N–H and O–H groups in total. The lowest BCUT2D eigenvalue weighted by Crippen LogP contribution is -2.09. The summed E-state index contributed by atoms with van der Waals surface area (Å²) >= 11 is 0. The van der Waals surface area contributed by atoms with Crippen LogP contribution in [0, 0.1) is 0 Å². The van der Waals surface area contributed by atoms with Crippen LogP contribution in [-0.4, -0.2) is 12.1 Å². The summed E-state index contributed by atoms with van der Waals surface area (Å²) in [4.78, 5) is 4.58. The van der Waals surface area contributed by atoms with Crippen molar-refractivity contribution >= 4 is 16.6 Å². The van der Waals surface area contributed by atoms with E-state index in [0.717, 1.165) is 28.7 Å². The van der Waals surface area contributed by atoms with Crippen LogP contribution < -0.4 is 11.3 Å². The topological polar surface area (TPSA) is 60.2 Å². The minimum Gasteiger partial charge on any atom is -0.378 e. The molecule has 102 valence electrons. The number of ether oxygens (including phenoxy) is 1. The van der Waals surface area contributed by atoms with Crippen LogP contribution in [0.3, 0.4) is 0 Å². The molecule has 0 saturated heterocycles. The lowest BCUT2D eigenvalue weighted by Gasteiger charge is -2.13. The molecule has 4 heteroatoms. The van der Waals surface area contributed by atoms with Gasteiger partial charge in [0.1, 0.15) is 0 Å². The molecule has 19 heavy (non-hydrogen) atoms. The molecule has 0 fully saturated rings. The number of nitrogens with one attached hydrogen (secondary N) is 1. The molecule has 1 atom stereocenters. The highest BCUT2D eigenvalue weighted by atomic mass is 16.5. The number of hydrogen-bond donors (Lipinski definition) is 2. The SMILES string of the molecule is CCC(C)c1ccc2nc(COC)cc(NN)c2c1. The Labute approximate surface area is 113 Å². The number of benzene rings is 1. The minimum absolute atomic E-state index is 0.484. The van der Waals surface area contributed by atoms with Gasteiger partial charge in [0, 0.05) is 12.5 Å². The summed E-state index contributed by atoms with van der Waals surface area (Å²) in [5, 5.41) is 1.06. The van der Waals surface area contributed by atoms with Crippen molar-refractivity contribution in [3.05, 3.63) is 35.5 Å². The van der Waals surface area contributed by atoms with Gasteiger partial charge >= 0.3 is 0 Å². The average Bonchev–Trinajstić information content (AvgIpc) is 2.45. The maximum Gasteiger partial charge on any atom is 0.0885 e. The molecule has 0 amide bonds. The molecule has 0 aliphatic rings. The van der Waals surface area contributed by atoms with E-state index in [-0.39, 0.29) is 0 Å². The average molecular weight is 259 g/mol. The first-order chi connectivity index (χ1) is 9.19. The largest absolute Gasteiger partial charge is 0.378 e. The van der Waals surface area contributed by atoms with Gasteiger partial charge in [0.05, 0.1) is 23.5 Å². The molecule has 0 saturated carbocycles. The fourth-order valence-corrected chi connectivity index (χ4v) is 2.18. The van der Waals surface area contributed by atoms with E-state index in [1.54, 1.807) is 7.11 Å². The van der Waals surface area contributed by atoms with Gasteiger partial charge in [-0.25, -0.2) is 0 Å². The molecule has 2 aromatic rings. The predicted molar refractivity (Wildman–Crippen MR) is 79.0 cm³/mol. The van der Waals surface area contributed by atoms with Crippen molar-refractivity contribution in [1.82, 2.24) is 4.98 Å². The first-order valence-electron chi connectivity index (χ1n) is 6.58. The van der Waals surface area contributed by atoms with Crippen molar-refractivity contribution in [2.45, 2.75) is 32.8 Å². The van der Waals surface area contributed by atoms with Gasteiger partial charge in [-0.15, -0.1) is 0 Å². The molecule has 0 spiro atoms. The lowest BCUT2D eigenvalue weighted by atomic mass is 9.96. The summed E-state index contributed by atoms with van der Waals surface area (Å²) in [7, 11) is 1.66. The van der Waals surface area contributed by atoms with Crippen molar-refractivity contribution in [3.8, 4) is 0 Å². The Balaban J connectivity index is 2.55.